The number of hydrogen-bond donors (Lipinski definition) is 0. The zero-order valence-electron chi connectivity index (χ0n) is 12.5. The van der Waals surface area contributed by atoms with E-state index in [-0.39, 0.29) is 11.1 Å². The van der Waals surface area contributed by atoms with Gasteiger partial charge in [0.25, 0.3) is 0 Å². The summed E-state index contributed by atoms with van der Waals surface area (Å²) < 4.78 is 40.6. The Morgan fingerprint density at radius 3 is 2.74 bits per heavy atom. The van der Waals surface area contributed by atoms with Crippen molar-refractivity contribution in [3.05, 3.63) is 46.5 Å². The number of alkyl halides is 3. The van der Waals surface area contributed by atoms with Crippen molar-refractivity contribution < 1.29 is 13.2 Å². The van der Waals surface area contributed by atoms with E-state index in [4.69, 9.17) is 11.6 Å². The summed E-state index contributed by atoms with van der Waals surface area (Å²) in [6.45, 7) is 1.21. The molecule has 3 rings (SSSR count). The lowest BCUT2D eigenvalue weighted by molar-refractivity contribution is -0.137. The lowest BCUT2D eigenvalue weighted by atomic mass is 10.1. The van der Waals surface area contributed by atoms with Gasteiger partial charge in [-0.15, -0.1) is 10.2 Å². The van der Waals surface area contributed by atoms with Gasteiger partial charge in [0.05, 0.1) is 11.6 Å². The molecule has 4 nitrogen and oxygen atoms in total. The van der Waals surface area contributed by atoms with Crippen molar-refractivity contribution in [1.82, 2.24) is 19.7 Å². The fourth-order valence-corrected chi connectivity index (χ4v) is 3.30. The first-order valence-corrected chi connectivity index (χ1v) is 7.67. The van der Waals surface area contributed by atoms with Crippen molar-refractivity contribution in [2.45, 2.75) is 31.6 Å². The Labute approximate surface area is 136 Å². The van der Waals surface area contributed by atoms with Crippen LogP contribution < -0.4 is 0 Å². The zero-order chi connectivity index (χ0) is 16.6. The maximum atomic E-state index is 12.9. The summed E-state index contributed by atoms with van der Waals surface area (Å²) in [5.41, 5.74) is -0.159. The lowest BCUT2D eigenvalue weighted by Gasteiger charge is -2.24. The molecule has 0 amide bonds. The molecule has 1 aliphatic rings. The van der Waals surface area contributed by atoms with Gasteiger partial charge in [-0.05, 0) is 43.1 Å². The second-order valence-corrected chi connectivity index (χ2v) is 6.21. The van der Waals surface area contributed by atoms with Crippen LogP contribution in [0.5, 0.6) is 0 Å². The molecule has 1 aromatic heterocycles. The molecule has 0 unspecified atom stereocenters. The van der Waals surface area contributed by atoms with Gasteiger partial charge in [0, 0.05) is 18.6 Å². The van der Waals surface area contributed by atoms with Crippen LogP contribution in [0.3, 0.4) is 0 Å². The molecule has 124 valence electrons. The molecule has 0 N–H and O–H groups in total. The molecule has 1 aliphatic heterocycles. The highest BCUT2D eigenvalue weighted by molar-refractivity contribution is 6.30. The molecule has 2 aromatic rings. The second kappa shape index (κ2) is 6.13. The summed E-state index contributed by atoms with van der Waals surface area (Å²) >= 11 is 5.86. The highest BCUT2D eigenvalue weighted by Crippen LogP contribution is 2.35. The van der Waals surface area contributed by atoms with Crippen molar-refractivity contribution in [3.8, 4) is 0 Å². The Bertz CT molecular complexity index is 698. The van der Waals surface area contributed by atoms with E-state index in [9.17, 15) is 13.2 Å². The molecule has 0 radical (unpaired) electrons. The number of halogens is 4. The van der Waals surface area contributed by atoms with E-state index in [0.717, 1.165) is 37.3 Å². The zero-order valence-corrected chi connectivity index (χ0v) is 13.3. The molecule has 8 heteroatoms. The summed E-state index contributed by atoms with van der Waals surface area (Å²) in [5, 5.41) is 8.12. The van der Waals surface area contributed by atoms with E-state index in [1.165, 1.54) is 0 Å². The van der Waals surface area contributed by atoms with Crippen molar-refractivity contribution in [1.29, 1.82) is 0 Å². The minimum absolute atomic E-state index is 0.0656. The Hall–Kier alpha value is -1.60. The van der Waals surface area contributed by atoms with Gasteiger partial charge in [-0.25, -0.2) is 0 Å². The van der Waals surface area contributed by atoms with Gasteiger partial charge in [0.15, 0.2) is 0 Å². The average molecular weight is 345 g/mol. The molecule has 1 aromatic carbocycles. The quantitative estimate of drug-likeness (QED) is 0.848. The number of aryl methyl sites for hydroxylation is 1. The van der Waals surface area contributed by atoms with E-state index in [0.29, 0.717) is 12.1 Å². The molecule has 1 fully saturated rings. The highest BCUT2D eigenvalue weighted by Gasteiger charge is 2.33. The van der Waals surface area contributed by atoms with Crippen LogP contribution >= 0.6 is 11.6 Å². The molecule has 0 saturated carbocycles. The summed E-state index contributed by atoms with van der Waals surface area (Å²) in [4.78, 5) is 2.12. The number of hydrogen-bond acceptors (Lipinski definition) is 3. The minimum atomic E-state index is -4.40. The third-order valence-electron chi connectivity index (χ3n) is 4.08. The third kappa shape index (κ3) is 3.50. The van der Waals surface area contributed by atoms with E-state index in [1.54, 1.807) is 12.4 Å². The van der Waals surface area contributed by atoms with Gasteiger partial charge in [-0.3, -0.25) is 4.90 Å². The van der Waals surface area contributed by atoms with Crippen LogP contribution in [-0.2, 0) is 19.8 Å². The maximum Gasteiger partial charge on any atom is 0.416 e. The number of likely N-dealkylation sites (tertiary alicyclic amines) is 1. The van der Waals surface area contributed by atoms with E-state index in [2.05, 4.69) is 15.1 Å². The number of rotatable bonds is 3. The lowest BCUT2D eigenvalue weighted by Crippen LogP contribution is -2.25. The molecule has 1 saturated heterocycles. The Morgan fingerprint density at radius 1 is 1.30 bits per heavy atom. The SMILES string of the molecule is Cn1cnnc1[C@H]1CCCN1Cc1cc(Cl)cc(C(F)(F)F)c1. The highest BCUT2D eigenvalue weighted by atomic mass is 35.5. The number of nitrogens with zero attached hydrogens (tertiary/aromatic N) is 4. The Morgan fingerprint density at radius 2 is 2.09 bits per heavy atom. The van der Waals surface area contributed by atoms with Crippen LogP contribution in [-0.4, -0.2) is 26.2 Å². The predicted octanol–water partition coefficient (Wildman–Crippen LogP) is 3.82. The van der Waals surface area contributed by atoms with Gasteiger partial charge in [-0.1, -0.05) is 11.6 Å². The number of benzene rings is 1. The maximum absolute atomic E-state index is 12.9. The normalized spacial score (nSPS) is 19.4. The molecule has 1 atom stereocenters. The second-order valence-electron chi connectivity index (χ2n) is 5.77. The molecule has 0 bridgehead atoms. The van der Waals surface area contributed by atoms with Crippen LogP contribution in [0.15, 0.2) is 24.5 Å². The van der Waals surface area contributed by atoms with Crippen LogP contribution in [0.2, 0.25) is 5.02 Å². The topological polar surface area (TPSA) is 34.0 Å². The standard InChI is InChI=1S/C15H16ClF3N4/c1-22-9-20-21-14(22)13-3-2-4-23(13)8-10-5-11(15(17,18)19)7-12(16)6-10/h5-7,9,13H,2-4,8H2,1H3/t13-/m1/s1. The molecule has 0 aliphatic carbocycles. The van der Waals surface area contributed by atoms with Crippen molar-refractivity contribution in [2.75, 3.05) is 6.54 Å². The summed E-state index contributed by atoms with van der Waals surface area (Å²) in [6, 6.07) is 3.77. The molecular formula is C15H16ClF3N4. The first-order chi connectivity index (χ1) is 10.8. The third-order valence-corrected chi connectivity index (χ3v) is 4.30. The van der Waals surface area contributed by atoms with Crippen molar-refractivity contribution in [3.63, 3.8) is 0 Å². The van der Waals surface area contributed by atoms with Gasteiger partial charge in [0.1, 0.15) is 12.2 Å². The van der Waals surface area contributed by atoms with Crippen LogP contribution in [0, 0.1) is 0 Å². The van der Waals surface area contributed by atoms with Crippen LogP contribution in [0.25, 0.3) is 0 Å². The summed E-state index contributed by atoms with van der Waals surface area (Å²) in [5.74, 6) is 0.834. The van der Waals surface area contributed by atoms with Crippen LogP contribution in [0.1, 0.15) is 35.8 Å². The fraction of sp³-hybridized carbons (Fsp3) is 0.467. The molecule has 0 spiro atoms. The Kier molecular flexibility index (Phi) is 4.33. The van der Waals surface area contributed by atoms with E-state index < -0.39 is 11.7 Å². The predicted molar refractivity (Wildman–Crippen MR) is 79.8 cm³/mol. The summed E-state index contributed by atoms with van der Waals surface area (Å²) in [7, 11) is 1.87. The fourth-order valence-electron chi connectivity index (χ4n) is 3.04. The van der Waals surface area contributed by atoms with Gasteiger partial charge < -0.3 is 4.57 Å². The van der Waals surface area contributed by atoms with Gasteiger partial charge in [0.2, 0.25) is 0 Å². The van der Waals surface area contributed by atoms with E-state index in [1.807, 2.05) is 11.6 Å². The minimum Gasteiger partial charge on any atom is -0.319 e. The molecule has 23 heavy (non-hydrogen) atoms. The van der Waals surface area contributed by atoms with Gasteiger partial charge >= 0.3 is 6.18 Å². The summed E-state index contributed by atoms with van der Waals surface area (Å²) in [6.07, 6.45) is -0.871. The van der Waals surface area contributed by atoms with Crippen LogP contribution in [0.4, 0.5) is 13.2 Å². The molecule has 2 heterocycles. The van der Waals surface area contributed by atoms with E-state index >= 15 is 0 Å². The monoisotopic (exact) mass is 344 g/mol. The first-order valence-electron chi connectivity index (χ1n) is 7.29. The number of aromatic nitrogens is 3. The average Bonchev–Trinajstić information content (AvgIpc) is 3.05. The largest absolute Gasteiger partial charge is 0.416 e. The first kappa shape index (κ1) is 16.3. The smallest absolute Gasteiger partial charge is 0.319 e. The Balaban J connectivity index is 1.84. The molecular weight excluding hydrogens is 329 g/mol. The van der Waals surface area contributed by atoms with Gasteiger partial charge in [-0.2, -0.15) is 13.2 Å². The van der Waals surface area contributed by atoms with Crippen molar-refractivity contribution >= 4 is 11.6 Å². The van der Waals surface area contributed by atoms with Crippen molar-refractivity contribution in [2.24, 2.45) is 7.05 Å².